The van der Waals surface area contributed by atoms with Gasteiger partial charge in [0.2, 0.25) is 0 Å². The number of fused-ring (bicyclic) bond motifs is 1. The molecule has 0 atom stereocenters. The first-order valence-electron chi connectivity index (χ1n) is 10.7. The molecule has 0 bridgehead atoms. The zero-order chi connectivity index (χ0) is 26.7. The van der Waals surface area contributed by atoms with Gasteiger partial charge in [0.1, 0.15) is 16.7 Å². The van der Waals surface area contributed by atoms with Crippen molar-refractivity contribution in [3.8, 4) is 11.5 Å². The Morgan fingerprint density at radius 2 is 2.03 bits per heavy atom. The number of nitrogens with one attached hydrogen (secondary N) is 1. The van der Waals surface area contributed by atoms with Crippen molar-refractivity contribution < 1.29 is 18.7 Å². The molecule has 4 rings (SSSR count). The molecule has 0 aliphatic carbocycles. The molecule has 12 heteroatoms. The molecule has 8 nitrogen and oxygen atoms in total. The average molecular weight is 653 g/mol. The van der Waals surface area contributed by atoms with Crippen molar-refractivity contribution in [1.29, 1.82) is 0 Å². The van der Waals surface area contributed by atoms with Gasteiger partial charge in [0.25, 0.3) is 11.5 Å². The van der Waals surface area contributed by atoms with Crippen molar-refractivity contribution in [1.82, 2.24) is 9.66 Å². The van der Waals surface area contributed by atoms with Gasteiger partial charge in [-0.15, -0.1) is 0 Å². The number of amides is 1. The molecule has 1 heterocycles. The third-order valence-electron chi connectivity index (χ3n) is 5.11. The zero-order valence-corrected chi connectivity index (χ0v) is 23.3. The van der Waals surface area contributed by atoms with Crippen molar-refractivity contribution in [3.63, 3.8) is 0 Å². The first-order chi connectivity index (χ1) is 17.7. The van der Waals surface area contributed by atoms with Gasteiger partial charge in [-0.3, -0.25) is 9.59 Å². The Bertz CT molecular complexity index is 1610. The van der Waals surface area contributed by atoms with Crippen molar-refractivity contribution in [3.05, 3.63) is 90.1 Å². The van der Waals surface area contributed by atoms with Gasteiger partial charge in [-0.1, -0.05) is 33.6 Å². The summed E-state index contributed by atoms with van der Waals surface area (Å²) in [6, 6.07) is 12.3. The van der Waals surface area contributed by atoms with Crippen LogP contribution in [0.3, 0.4) is 0 Å². The summed E-state index contributed by atoms with van der Waals surface area (Å²) in [6.07, 6.45) is 1.43. The van der Waals surface area contributed by atoms with Crippen LogP contribution in [0.5, 0.6) is 11.5 Å². The van der Waals surface area contributed by atoms with Crippen LogP contribution < -0.4 is 20.3 Å². The van der Waals surface area contributed by atoms with Crippen LogP contribution in [0.15, 0.2) is 67.4 Å². The van der Waals surface area contributed by atoms with Crippen LogP contribution in [-0.2, 0) is 4.79 Å². The molecule has 0 radical (unpaired) electrons. The Balaban J connectivity index is 1.59. The van der Waals surface area contributed by atoms with Crippen LogP contribution in [-0.4, -0.2) is 35.5 Å². The molecule has 0 aliphatic heterocycles. The first kappa shape index (κ1) is 26.8. The van der Waals surface area contributed by atoms with Crippen LogP contribution in [0.25, 0.3) is 10.9 Å². The molecule has 1 N–H and O–H groups in total. The van der Waals surface area contributed by atoms with E-state index in [1.165, 1.54) is 36.2 Å². The van der Waals surface area contributed by atoms with E-state index in [1.807, 2.05) is 6.07 Å². The van der Waals surface area contributed by atoms with Gasteiger partial charge in [-0.05, 0) is 65.3 Å². The maximum atomic E-state index is 13.3. The molecule has 0 unspecified atom stereocenters. The summed E-state index contributed by atoms with van der Waals surface area (Å²) in [5, 5.41) is 7.39. The second kappa shape index (κ2) is 11.4. The lowest BCUT2D eigenvalue weighted by atomic mass is 10.2. The zero-order valence-electron chi connectivity index (χ0n) is 19.4. The number of anilines is 1. The Hall–Kier alpha value is -3.28. The lowest BCUT2D eigenvalue weighted by molar-refractivity contribution is -0.118. The Morgan fingerprint density at radius 1 is 1.24 bits per heavy atom. The summed E-state index contributed by atoms with van der Waals surface area (Å²) in [4.78, 5) is 29.7. The number of rotatable bonds is 7. The number of hydrogen-bond acceptors (Lipinski definition) is 6. The second-order valence-electron chi connectivity index (χ2n) is 7.65. The van der Waals surface area contributed by atoms with Gasteiger partial charge in [0, 0.05) is 20.2 Å². The number of benzene rings is 3. The molecule has 0 spiro atoms. The van der Waals surface area contributed by atoms with E-state index in [0.717, 1.165) is 4.47 Å². The average Bonchev–Trinajstić information content (AvgIpc) is 2.86. The van der Waals surface area contributed by atoms with Crippen LogP contribution in [0.2, 0.25) is 5.02 Å². The fourth-order valence-corrected chi connectivity index (χ4v) is 4.42. The Kier molecular flexibility index (Phi) is 8.25. The molecule has 0 aliphatic rings. The summed E-state index contributed by atoms with van der Waals surface area (Å²) in [6.45, 7) is 1.27. The predicted molar refractivity (Wildman–Crippen MR) is 148 cm³/mol. The molecule has 1 aromatic heterocycles. The number of carbonyl (C=O) groups excluding carboxylic acids is 1. The predicted octanol–water partition coefficient (Wildman–Crippen LogP) is 5.93. The van der Waals surface area contributed by atoms with Crippen molar-refractivity contribution in [2.75, 3.05) is 19.0 Å². The standard InChI is InChI=1S/C25H18Br2ClFN4O4/c1-13-31-19-7-6-15(26)9-18(19)25(35)33(13)30-11-14-8-20(36-2)24(23(28)22(14)27)37-12-21(34)32-17-5-3-4-16(29)10-17/h3-11H,12H2,1-2H3,(H,32,34). The van der Waals surface area contributed by atoms with Gasteiger partial charge in [0.05, 0.1) is 24.2 Å². The molecule has 4 aromatic rings. The number of methoxy groups -OCH3 is 1. The number of ether oxygens (including phenoxy) is 2. The Labute approximate surface area is 232 Å². The molecule has 3 aromatic carbocycles. The van der Waals surface area contributed by atoms with E-state index >= 15 is 0 Å². The van der Waals surface area contributed by atoms with Crippen LogP contribution in [0, 0.1) is 12.7 Å². The summed E-state index contributed by atoms with van der Waals surface area (Å²) in [7, 11) is 1.42. The van der Waals surface area contributed by atoms with E-state index < -0.39 is 18.3 Å². The van der Waals surface area contributed by atoms with Gasteiger partial charge in [0.15, 0.2) is 18.1 Å². The highest BCUT2D eigenvalue weighted by Crippen LogP contribution is 2.42. The van der Waals surface area contributed by atoms with Crippen LogP contribution >= 0.6 is 43.5 Å². The maximum Gasteiger partial charge on any atom is 0.282 e. The minimum Gasteiger partial charge on any atom is -0.493 e. The highest BCUT2D eigenvalue weighted by molar-refractivity contribution is 9.10. The summed E-state index contributed by atoms with van der Waals surface area (Å²) >= 11 is 13.3. The minimum absolute atomic E-state index is 0.119. The second-order valence-corrected chi connectivity index (χ2v) is 9.74. The number of carbonyl (C=O) groups is 1. The number of halogens is 4. The smallest absolute Gasteiger partial charge is 0.282 e. The summed E-state index contributed by atoms with van der Waals surface area (Å²) in [5.74, 6) is -0.245. The number of hydrogen-bond donors (Lipinski definition) is 1. The number of aryl methyl sites for hydroxylation is 1. The van der Waals surface area contributed by atoms with Crippen molar-refractivity contribution >= 4 is 72.2 Å². The molecule has 0 saturated carbocycles. The van der Waals surface area contributed by atoms with E-state index in [-0.39, 0.29) is 22.1 Å². The maximum absolute atomic E-state index is 13.3. The minimum atomic E-state index is -0.518. The van der Waals surface area contributed by atoms with Gasteiger partial charge < -0.3 is 14.8 Å². The van der Waals surface area contributed by atoms with Gasteiger partial charge in [-0.2, -0.15) is 9.78 Å². The lowest BCUT2D eigenvalue weighted by Gasteiger charge is -2.15. The first-order valence-corrected chi connectivity index (χ1v) is 12.6. The number of aromatic nitrogens is 2. The molecular formula is C25H18Br2ClFN4O4. The summed E-state index contributed by atoms with van der Waals surface area (Å²) in [5.41, 5.74) is 1.00. The van der Waals surface area contributed by atoms with Gasteiger partial charge in [-0.25, -0.2) is 9.37 Å². The third kappa shape index (κ3) is 6.00. The quantitative estimate of drug-likeness (QED) is 0.250. The molecule has 1 amide bonds. The van der Waals surface area contributed by atoms with E-state index in [0.29, 0.717) is 32.5 Å². The fraction of sp³-hybridized carbons (Fsp3) is 0.120. The van der Waals surface area contributed by atoms with Gasteiger partial charge >= 0.3 is 0 Å². The largest absolute Gasteiger partial charge is 0.493 e. The van der Waals surface area contributed by atoms with Crippen LogP contribution in [0.1, 0.15) is 11.4 Å². The molecule has 0 fully saturated rings. The van der Waals surface area contributed by atoms with E-state index in [9.17, 15) is 14.0 Å². The van der Waals surface area contributed by atoms with Crippen molar-refractivity contribution in [2.45, 2.75) is 6.92 Å². The molecular weight excluding hydrogens is 635 g/mol. The monoisotopic (exact) mass is 650 g/mol. The van der Waals surface area contributed by atoms with Crippen LogP contribution in [0.4, 0.5) is 10.1 Å². The Morgan fingerprint density at radius 3 is 2.76 bits per heavy atom. The lowest BCUT2D eigenvalue weighted by Crippen LogP contribution is -2.21. The third-order valence-corrected chi connectivity index (χ3v) is 7.05. The molecule has 37 heavy (non-hydrogen) atoms. The topological polar surface area (TPSA) is 94.8 Å². The van der Waals surface area contributed by atoms with E-state index in [1.54, 1.807) is 31.2 Å². The molecule has 0 saturated heterocycles. The highest BCUT2D eigenvalue weighted by atomic mass is 79.9. The number of nitrogens with zero attached hydrogens (tertiary/aromatic N) is 3. The SMILES string of the molecule is COc1cc(C=Nn2c(C)nc3ccc(Br)cc3c2=O)c(Br)c(Cl)c1OCC(=O)Nc1cccc(F)c1. The van der Waals surface area contributed by atoms with E-state index in [2.05, 4.69) is 47.3 Å². The summed E-state index contributed by atoms with van der Waals surface area (Å²) < 4.78 is 26.7. The van der Waals surface area contributed by atoms with E-state index in [4.69, 9.17) is 21.1 Å². The molecule has 190 valence electrons. The fourth-order valence-electron chi connectivity index (χ4n) is 3.40. The highest BCUT2D eigenvalue weighted by Gasteiger charge is 2.18. The normalized spacial score (nSPS) is 11.2. The van der Waals surface area contributed by atoms with Crippen molar-refractivity contribution in [2.24, 2.45) is 5.10 Å².